The van der Waals surface area contributed by atoms with E-state index in [9.17, 15) is 8.78 Å². The van der Waals surface area contributed by atoms with Crippen LogP contribution in [-0.2, 0) is 21.7 Å². The van der Waals surface area contributed by atoms with Gasteiger partial charge in [-0.1, -0.05) is 285 Å². The molecule has 2 aliphatic carbocycles. The van der Waals surface area contributed by atoms with Crippen LogP contribution in [0.4, 0.5) is 60.5 Å². The van der Waals surface area contributed by atoms with Crippen molar-refractivity contribution in [2.45, 2.75) is 63.2 Å². The fourth-order valence-corrected chi connectivity index (χ4v) is 19.7. The van der Waals surface area contributed by atoms with Crippen LogP contribution in [0.1, 0.15) is 108 Å². The molecule has 2 unspecified atom stereocenters. The second-order valence-corrected chi connectivity index (χ2v) is 36.4. The van der Waals surface area contributed by atoms with Gasteiger partial charge in [0.05, 0.1) is 22.2 Å². The third kappa shape index (κ3) is 14.9. The minimum absolute atomic E-state index is 0.0633. The topological polar surface area (TPSA) is 38.1 Å². The molecule has 0 aliphatic heterocycles. The van der Waals surface area contributed by atoms with Crippen LogP contribution in [-0.4, -0.2) is 0 Å². The third-order valence-electron chi connectivity index (χ3n) is 26.5. The number of halogens is 6. The Morgan fingerprint density at radius 3 is 0.925 bits per heavy atom. The highest BCUT2D eigenvalue weighted by Gasteiger charge is 2.49. The Bertz CT molecular complexity index is 7290. The number of ether oxygens (including phenoxy) is 2. The maximum Gasteiger partial charge on any atom is 0.148 e. The maximum atomic E-state index is 17.9. The lowest BCUT2D eigenvalue weighted by Gasteiger charge is -2.34. The van der Waals surface area contributed by atoms with Crippen LogP contribution in [0, 0.1) is 34.9 Å². The monoisotopic (exact) mass is 1740 g/mol. The summed E-state index contributed by atoms with van der Waals surface area (Å²) in [4.78, 5) is 3.32. The molecule has 0 radical (unpaired) electrons. The summed E-state index contributed by atoms with van der Waals surface area (Å²) in [5.41, 5.74) is 21.9. The van der Waals surface area contributed by atoms with Crippen molar-refractivity contribution in [2.24, 2.45) is 0 Å². The SMILES string of the molecule is C=Cc1ccc(Oc2ccc(C3(c4ccc(C(C)(C)C)cc4)c4ccccc4-c4ccc(-c5ccc(N(c6ccc7oc8ccc(N(c9ccc(-c%10ccc%11c(c%10)C(c%10ccc(Oc%12ccc(C=C)cc%12)cc%10)(c%10ccc(C(C)(C)C)cc%10)c%10ccccc%10-%11)cc9)c9cc(F)c(-c%10ccc(F)cc%10)cc9F)cc8c7c6)c6cc(F)c(-c7ccc(F)cc7)cc6F)cc5)cc43)cc2)cc1. The van der Waals surface area contributed by atoms with E-state index in [1.165, 1.54) is 59.7 Å². The predicted molar refractivity (Wildman–Crippen MR) is 530 cm³/mol. The Morgan fingerprint density at radius 2 is 0.579 bits per heavy atom. The van der Waals surface area contributed by atoms with E-state index in [2.05, 4.69) is 212 Å². The smallest absolute Gasteiger partial charge is 0.148 e. The molecule has 0 N–H and O–H groups in total. The molecule has 646 valence electrons. The van der Waals surface area contributed by atoms with Crippen molar-refractivity contribution in [3.63, 3.8) is 0 Å². The number of fused-ring (bicyclic) bond motifs is 9. The van der Waals surface area contributed by atoms with Gasteiger partial charge in [0.15, 0.2) is 0 Å². The van der Waals surface area contributed by atoms with Crippen LogP contribution in [0.5, 0.6) is 23.0 Å². The molecule has 2 aliphatic rings. The van der Waals surface area contributed by atoms with Gasteiger partial charge in [0.1, 0.15) is 69.1 Å². The van der Waals surface area contributed by atoms with Crippen molar-refractivity contribution in [3.8, 4) is 89.8 Å². The number of hydrogen-bond donors (Lipinski definition) is 0. The van der Waals surface area contributed by atoms with Crippen LogP contribution in [0.25, 0.3) is 101 Å². The van der Waals surface area contributed by atoms with Gasteiger partial charge < -0.3 is 23.7 Å². The van der Waals surface area contributed by atoms with Gasteiger partial charge in [0.2, 0.25) is 0 Å². The summed E-state index contributed by atoms with van der Waals surface area (Å²) in [5, 5.41) is 1.12. The molecule has 5 nitrogen and oxygen atoms in total. The van der Waals surface area contributed by atoms with Crippen molar-refractivity contribution in [1.29, 1.82) is 0 Å². The van der Waals surface area contributed by atoms with Crippen LogP contribution in [0.15, 0.2) is 406 Å². The first-order chi connectivity index (χ1) is 64.5. The quantitative estimate of drug-likeness (QED) is 0.0711. The predicted octanol–water partition coefficient (Wildman–Crippen LogP) is 34.2. The summed E-state index contributed by atoms with van der Waals surface area (Å²) in [6.07, 6.45) is 3.60. The molecular weight excluding hydrogens is 1660 g/mol. The lowest BCUT2D eigenvalue weighted by molar-refractivity contribution is 0.482. The summed E-state index contributed by atoms with van der Waals surface area (Å²) in [6.45, 7) is 21.1. The Kier molecular flexibility index (Phi) is 20.9. The molecule has 133 heavy (non-hydrogen) atoms. The van der Waals surface area contributed by atoms with E-state index in [0.29, 0.717) is 67.7 Å². The third-order valence-corrected chi connectivity index (χ3v) is 26.5. The van der Waals surface area contributed by atoms with E-state index in [0.717, 1.165) is 124 Å². The summed E-state index contributed by atoms with van der Waals surface area (Å²) in [6, 6.07) is 122. The molecule has 0 bridgehead atoms. The largest absolute Gasteiger partial charge is 0.457 e. The first kappa shape index (κ1) is 83.9. The molecule has 0 saturated heterocycles. The van der Waals surface area contributed by atoms with Crippen LogP contribution >= 0.6 is 0 Å². The summed E-state index contributed by atoms with van der Waals surface area (Å²) in [5.74, 6) is -1.33. The van der Waals surface area contributed by atoms with Gasteiger partial charge in [-0.05, 0) is 291 Å². The van der Waals surface area contributed by atoms with Gasteiger partial charge in [-0.15, -0.1) is 0 Å². The first-order valence-corrected chi connectivity index (χ1v) is 44.5. The summed E-state index contributed by atoms with van der Waals surface area (Å²) < 4.78 is 119. The number of furan rings is 1. The standard InChI is InChI=1S/C122H88F6N2O3/c1-9-75-19-55-95(56-20-75)131-97-59-41-87(42-60-97)121(85-37-33-83(34-38-85)119(3,4)5)107-17-13-11-15-99(107)101-63-31-81(67-109(101)121)77-27-49-91(50-28-77)129(115-73-111(125)103(71-113(115)127)79-23-45-89(123)46-24-79)93-53-65-117-105(69-93)106-70-94(54-66-118(106)133-117)130(116-74-112(126)104(72-114(116)128)80-25-47-90(124)48-26-80)92-51-29-78(30-52-92)82-32-64-102-100-16-12-14-18-108(100)122(110(102)68-82,86-39-35-84(36-40-86)120(6,7)8)88-43-61-98(62-44-88)132-96-57-21-76(10-2)22-58-96/h9-74H,1-2H2,3-8H3. The van der Waals surface area contributed by atoms with Gasteiger partial charge in [-0.3, -0.25) is 0 Å². The number of hydrogen-bond acceptors (Lipinski definition) is 5. The Labute approximate surface area is 769 Å². The van der Waals surface area contributed by atoms with E-state index in [4.69, 9.17) is 13.9 Å². The van der Waals surface area contributed by atoms with Crippen molar-refractivity contribution >= 4 is 68.2 Å². The number of benzene rings is 18. The van der Waals surface area contributed by atoms with Crippen molar-refractivity contribution in [1.82, 2.24) is 0 Å². The van der Waals surface area contributed by atoms with Gasteiger partial charge >= 0.3 is 0 Å². The lowest BCUT2D eigenvalue weighted by atomic mass is 9.67. The molecule has 19 aromatic rings. The first-order valence-electron chi connectivity index (χ1n) is 44.5. The second kappa shape index (κ2) is 33.2. The van der Waals surface area contributed by atoms with E-state index in [-0.39, 0.29) is 44.5 Å². The highest BCUT2D eigenvalue weighted by atomic mass is 19.1. The molecule has 0 amide bonds. The van der Waals surface area contributed by atoms with Gasteiger partial charge in [0.25, 0.3) is 0 Å². The average Bonchev–Trinajstić information content (AvgIpc) is 1.54. The second-order valence-electron chi connectivity index (χ2n) is 36.4. The zero-order valence-electron chi connectivity index (χ0n) is 73.9. The highest BCUT2D eigenvalue weighted by Crippen LogP contribution is 2.60. The molecule has 18 aromatic carbocycles. The van der Waals surface area contributed by atoms with Gasteiger partial charge in [-0.2, -0.15) is 0 Å². The Hall–Kier alpha value is -16.0. The molecule has 0 saturated carbocycles. The molecule has 1 aromatic heterocycles. The van der Waals surface area contributed by atoms with Crippen LogP contribution < -0.4 is 19.3 Å². The van der Waals surface area contributed by atoms with Crippen LogP contribution in [0.3, 0.4) is 0 Å². The van der Waals surface area contributed by atoms with Crippen molar-refractivity contribution in [3.05, 3.63) is 503 Å². The fraction of sp³-hybridized carbons (Fsp3) is 0.0820. The molecular formula is C122H88F6N2O3. The molecule has 2 atom stereocenters. The minimum Gasteiger partial charge on any atom is -0.457 e. The van der Waals surface area contributed by atoms with E-state index in [1.54, 1.807) is 46.2 Å². The Balaban J connectivity index is 0.676. The fourth-order valence-electron chi connectivity index (χ4n) is 19.7. The van der Waals surface area contributed by atoms with Crippen molar-refractivity contribution in [2.75, 3.05) is 9.80 Å². The van der Waals surface area contributed by atoms with Crippen molar-refractivity contribution < 1.29 is 40.2 Å². The van der Waals surface area contributed by atoms with Crippen LogP contribution in [0.2, 0.25) is 0 Å². The van der Waals surface area contributed by atoms with Gasteiger partial charge in [-0.25, -0.2) is 26.3 Å². The highest BCUT2D eigenvalue weighted by molar-refractivity contribution is 6.08. The molecule has 11 heteroatoms. The maximum absolute atomic E-state index is 17.9. The minimum atomic E-state index is -0.808. The Morgan fingerprint density at radius 1 is 0.271 bits per heavy atom. The molecule has 21 rings (SSSR count). The van der Waals surface area contributed by atoms with E-state index < -0.39 is 45.7 Å². The summed E-state index contributed by atoms with van der Waals surface area (Å²) in [7, 11) is 0. The number of anilines is 6. The lowest BCUT2D eigenvalue weighted by Crippen LogP contribution is -2.29. The zero-order valence-corrected chi connectivity index (χ0v) is 73.9. The average molecular weight is 1740 g/mol. The normalized spacial score (nSPS) is 14.3. The number of nitrogens with zero attached hydrogens (tertiary/aromatic N) is 2. The van der Waals surface area contributed by atoms with E-state index in [1.807, 2.05) is 133 Å². The summed E-state index contributed by atoms with van der Waals surface area (Å²) >= 11 is 0. The zero-order chi connectivity index (χ0) is 91.3. The number of rotatable bonds is 20. The molecule has 0 fully saturated rings. The van der Waals surface area contributed by atoms with Gasteiger partial charge in [0, 0.05) is 56.8 Å². The molecule has 1 heterocycles. The molecule has 0 spiro atoms. The van der Waals surface area contributed by atoms with E-state index >= 15 is 17.6 Å².